The van der Waals surface area contributed by atoms with E-state index in [9.17, 15) is 4.79 Å². The number of aryl methyl sites for hydroxylation is 2. The summed E-state index contributed by atoms with van der Waals surface area (Å²) in [6.45, 7) is 4.04. The Morgan fingerprint density at radius 1 is 1.00 bits per heavy atom. The topological polar surface area (TPSA) is 69.0 Å². The molecule has 7 heteroatoms. The molecule has 0 saturated heterocycles. The van der Waals surface area contributed by atoms with Crippen LogP contribution < -0.4 is 10.1 Å². The third-order valence-corrected chi connectivity index (χ3v) is 5.38. The summed E-state index contributed by atoms with van der Waals surface area (Å²) in [5.41, 5.74) is 4.52. The Bertz CT molecular complexity index is 1230. The first-order valence-electron chi connectivity index (χ1n) is 9.70. The second kappa shape index (κ2) is 8.73. The molecule has 0 bridgehead atoms. The minimum absolute atomic E-state index is 0.0923. The minimum atomic E-state index is -0.382. The maximum absolute atomic E-state index is 12.9. The van der Waals surface area contributed by atoms with Gasteiger partial charge in [0.1, 0.15) is 5.75 Å². The van der Waals surface area contributed by atoms with Crippen LogP contribution in [-0.2, 0) is 0 Å². The number of ether oxygens (including phenoxy) is 1. The molecule has 0 unspecified atom stereocenters. The number of nitrogens with one attached hydrogen (secondary N) is 1. The fourth-order valence-electron chi connectivity index (χ4n) is 3.17. The Morgan fingerprint density at radius 2 is 1.71 bits per heavy atom. The summed E-state index contributed by atoms with van der Waals surface area (Å²) in [7, 11) is 1.60. The number of benzene rings is 3. The highest BCUT2D eigenvalue weighted by molar-refractivity contribution is 9.10. The lowest BCUT2D eigenvalue weighted by Crippen LogP contribution is -2.14. The lowest BCUT2D eigenvalue weighted by molar-refractivity contribution is 0.101. The van der Waals surface area contributed by atoms with E-state index in [-0.39, 0.29) is 11.7 Å². The molecule has 1 heterocycles. The zero-order valence-electron chi connectivity index (χ0n) is 17.4. The Morgan fingerprint density at radius 3 is 2.39 bits per heavy atom. The average molecular weight is 477 g/mol. The molecule has 1 amide bonds. The summed E-state index contributed by atoms with van der Waals surface area (Å²) < 4.78 is 7.86. The number of methoxy groups -OCH3 is 1. The first kappa shape index (κ1) is 20.8. The third kappa shape index (κ3) is 4.51. The summed E-state index contributed by atoms with van der Waals surface area (Å²) in [5.74, 6) is 1.02. The van der Waals surface area contributed by atoms with Gasteiger partial charge in [-0.3, -0.25) is 4.79 Å². The van der Waals surface area contributed by atoms with Gasteiger partial charge in [0, 0.05) is 15.7 Å². The average Bonchev–Trinajstić information content (AvgIpc) is 3.22. The lowest BCUT2D eigenvalue weighted by atomic mass is 10.1. The Labute approximate surface area is 189 Å². The number of nitrogens with zero attached hydrogens (tertiary/aromatic N) is 3. The van der Waals surface area contributed by atoms with Crippen molar-refractivity contribution in [3.05, 3.63) is 88.2 Å². The molecule has 0 saturated carbocycles. The highest BCUT2D eigenvalue weighted by atomic mass is 79.9. The molecular formula is C24H21BrN4O2. The van der Waals surface area contributed by atoms with Crippen molar-refractivity contribution in [1.82, 2.24) is 14.8 Å². The van der Waals surface area contributed by atoms with Crippen molar-refractivity contribution in [2.75, 3.05) is 12.4 Å². The van der Waals surface area contributed by atoms with Gasteiger partial charge in [0.15, 0.2) is 5.82 Å². The molecular weight excluding hydrogens is 456 g/mol. The van der Waals surface area contributed by atoms with Gasteiger partial charge in [0.2, 0.25) is 5.82 Å². The predicted molar refractivity (Wildman–Crippen MR) is 125 cm³/mol. The Balaban J connectivity index is 1.76. The first-order valence-corrected chi connectivity index (χ1v) is 10.5. The van der Waals surface area contributed by atoms with Crippen molar-refractivity contribution in [1.29, 1.82) is 0 Å². The lowest BCUT2D eigenvalue weighted by Gasteiger charge is -2.10. The quantitative estimate of drug-likeness (QED) is 0.408. The van der Waals surface area contributed by atoms with E-state index in [1.54, 1.807) is 36.1 Å². The predicted octanol–water partition coefficient (Wildman–Crippen LogP) is 5.57. The van der Waals surface area contributed by atoms with Crippen molar-refractivity contribution < 1.29 is 9.53 Å². The summed E-state index contributed by atoms with van der Waals surface area (Å²) >= 11 is 3.46. The van der Waals surface area contributed by atoms with Gasteiger partial charge in [-0.15, -0.1) is 5.10 Å². The van der Waals surface area contributed by atoms with Crippen LogP contribution in [-0.4, -0.2) is 27.8 Å². The van der Waals surface area contributed by atoms with Crippen LogP contribution in [0.3, 0.4) is 0 Å². The second-order valence-electron chi connectivity index (χ2n) is 7.15. The Hall–Kier alpha value is -3.45. The highest BCUT2D eigenvalue weighted by Gasteiger charge is 2.20. The number of amides is 1. The fraction of sp³-hybridized carbons (Fsp3) is 0.125. The summed E-state index contributed by atoms with van der Waals surface area (Å²) in [6.07, 6.45) is 0. The normalized spacial score (nSPS) is 10.7. The second-order valence-corrected chi connectivity index (χ2v) is 8.07. The molecule has 0 aliphatic rings. The van der Waals surface area contributed by atoms with Crippen LogP contribution >= 0.6 is 15.9 Å². The summed E-state index contributed by atoms with van der Waals surface area (Å²) in [4.78, 5) is 17.5. The zero-order valence-corrected chi connectivity index (χ0v) is 19.0. The van der Waals surface area contributed by atoms with Gasteiger partial charge in [-0.05, 0) is 67.4 Å². The standard InChI is InChI=1S/C24H21BrN4O2/c1-15-4-5-16(2)21(14-15)29-23(17-6-8-18(25)9-7-17)27-22(28-29)24(30)26-19-10-12-20(31-3)13-11-19/h4-14H,1-3H3,(H,26,30). The van der Waals surface area contributed by atoms with Gasteiger partial charge in [0.25, 0.3) is 5.91 Å². The van der Waals surface area contributed by atoms with Gasteiger partial charge < -0.3 is 10.1 Å². The number of carbonyl (C=O) groups excluding carboxylic acids is 1. The molecule has 0 radical (unpaired) electrons. The van der Waals surface area contributed by atoms with Gasteiger partial charge in [-0.2, -0.15) is 0 Å². The minimum Gasteiger partial charge on any atom is -0.497 e. The largest absolute Gasteiger partial charge is 0.497 e. The van der Waals surface area contributed by atoms with Crippen LogP contribution in [0.5, 0.6) is 5.75 Å². The summed E-state index contributed by atoms with van der Waals surface area (Å²) in [6, 6.07) is 21.0. The van der Waals surface area contributed by atoms with E-state index >= 15 is 0 Å². The van der Waals surface area contributed by atoms with Crippen molar-refractivity contribution >= 4 is 27.5 Å². The van der Waals surface area contributed by atoms with E-state index in [1.165, 1.54) is 0 Å². The van der Waals surface area contributed by atoms with E-state index in [4.69, 9.17) is 4.74 Å². The smallest absolute Gasteiger partial charge is 0.295 e. The molecule has 0 spiro atoms. The number of halogens is 1. The van der Waals surface area contributed by atoms with Crippen LogP contribution in [0.15, 0.2) is 71.2 Å². The molecule has 4 aromatic rings. The molecule has 0 fully saturated rings. The number of aromatic nitrogens is 3. The van der Waals surface area contributed by atoms with Gasteiger partial charge in [0.05, 0.1) is 12.8 Å². The maximum atomic E-state index is 12.9. The third-order valence-electron chi connectivity index (χ3n) is 4.85. The fourth-order valence-corrected chi connectivity index (χ4v) is 3.44. The van der Waals surface area contributed by atoms with Gasteiger partial charge >= 0.3 is 0 Å². The zero-order chi connectivity index (χ0) is 22.0. The van der Waals surface area contributed by atoms with E-state index in [1.807, 2.05) is 56.3 Å². The molecule has 4 rings (SSSR count). The maximum Gasteiger partial charge on any atom is 0.295 e. The van der Waals surface area contributed by atoms with Gasteiger partial charge in [-0.25, -0.2) is 9.67 Å². The molecule has 31 heavy (non-hydrogen) atoms. The van der Waals surface area contributed by atoms with Crippen LogP contribution in [0, 0.1) is 13.8 Å². The van der Waals surface area contributed by atoms with Crippen molar-refractivity contribution in [2.45, 2.75) is 13.8 Å². The number of carbonyl (C=O) groups is 1. The molecule has 6 nitrogen and oxygen atoms in total. The van der Waals surface area contributed by atoms with Crippen LogP contribution in [0.2, 0.25) is 0 Å². The molecule has 0 aliphatic carbocycles. The molecule has 156 valence electrons. The van der Waals surface area contributed by atoms with E-state index in [0.29, 0.717) is 17.3 Å². The van der Waals surface area contributed by atoms with E-state index < -0.39 is 0 Å². The number of anilines is 1. The van der Waals surface area contributed by atoms with Crippen LogP contribution in [0.1, 0.15) is 21.7 Å². The van der Waals surface area contributed by atoms with E-state index in [2.05, 4.69) is 31.3 Å². The number of rotatable bonds is 5. The van der Waals surface area contributed by atoms with Crippen molar-refractivity contribution in [3.8, 4) is 22.8 Å². The molecule has 1 aromatic heterocycles. The molecule has 1 N–H and O–H groups in total. The number of hydrogen-bond donors (Lipinski definition) is 1. The monoisotopic (exact) mass is 476 g/mol. The van der Waals surface area contributed by atoms with Gasteiger partial charge in [-0.1, -0.05) is 40.2 Å². The SMILES string of the molecule is COc1ccc(NC(=O)c2nc(-c3ccc(Br)cc3)n(-c3cc(C)ccc3C)n2)cc1. The molecule has 0 aliphatic heterocycles. The van der Waals surface area contributed by atoms with Crippen molar-refractivity contribution in [3.63, 3.8) is 0 Å². The van der Waals surface area contributed by atoms with Crippen LogP contribution in [0.25, 0.3) is 17.1 Å². The van der Waals surface area contributed by atoms with E-state index in [0.717, 1.165) is 26.9 Å². The highest BCUT2D eigenvalue weighted by Crippen LogP contribution is 2.26. The number of hydrogen-bond acceptors (Lipinski definition) is 4. The summed E-state index contributed by atoms with van der Waals surface area (Å²) in [5, 5.41) is 7.42. The van der Waals surface area contributed by atoms with Crippen LogP contribution in [0.4, 0.5) is 5.69 Å². The molecule has 3 aromatic carbocycles. The Kier molecular flexibility index (Phi) is 5.86. The van der Waals surface area contributed by atoms with Crippen molar-refractivity contribution in [2.24, 2.45) is 0 Å². The molecule has 0 atom stereocenters. The first-order chi connectivity index (χ1) is 14.9.